The average Bonchev–Trinajstić information content (AvgIpc) is 2.47. The molecule has 0 aliphatic carbocycles. The molecule has 1 nitrogen and oxygen atoms in total. The molecule has 102 valence electrons. The van der Waals surface area contributed by atoms with Gasteiger partial charge >= 0.3 is 0 Å². The zero-order chi connectivity index (χ0) is 14.4. The topological polar surface area (TPSA) is 9.23 Å². The van der Waals surface area contributed by atoms with Crippen molar-refractivity contribution >= 4 is 12.2 Å². The van der Waals surface area contributed by atoms with Gasteiger partial charge in [-0.1, -0.05) is 61.2 Å². The lowest BCUT2D eigenvalue weighted by molar-refractivity contribution is 0.162. The number of hydrogen-bond donors (Lipinski definition) is 0. The van der Waals surface area contributed by atoms with Crippen LogP contribution in [0.4, 0.5) is 0 Å². The fourth-order valence-electron chi connectivity index (χ4n) is 1.75. The zero-order valence-electron chi connectivity index (χ0n) is 12.0. The Morgan fingerprint density at radius 2 is 1.40 bits per heavy atom. The smallest absolute Gasteiger partial charge is 0.121 e. The van der Waals surface area contributed by atoms with Crippen molar-refractivity contribution in [3.8, 4) is 5.75 Å². The summed E-state index contributed by atoms with van der Waals surface area (Å²) in [6, 6.07) is 18.3. The maximum absolute atomic E-state index is 5.83. The van der Waals surface area contributed by atoms with Gasteiger partial charge in [0.05, 0.1) is 0 Å². The lowest BCUT2D eigenvalue weighted by Crippen LogP contribution is -2.24. The molecule has 2 rings (SSSR count). The summed E-state index contributed by atoms with van der Waals surface area (Å²) in [6.45, 7) is 7.75. The minimum Gasteiger partial charge on any atom is -0.484 e. The maximum Gasteiger partial charge on any atom is 0.121 e. The molecule has 0 saturated carbocycles. The van der Waals surface area contributed by atoms with Gasteiger partial charge in [0.25, 0.3) is 0 Å². The minimum atomic E-state index is -0.346. The van der Waals surface area contributed by atoms with Crippen molar-refractivity contribution in [3.05, 3.63) is 78.4 Å². The number of benzene rings is 2. The molecule has 0 bridgehead atoms. The second kappa shape index (κ2) is 6.25. The second-order valence-electron chi connectivity index (χ2n) is 5.22. The molecule has 20 heavy (non-hydrogen) atoms. The van der Waals surface area contributed by atoms with E-state index < -0.39 is 0 Å². The van der Waals surface area contributed by atoms with Crippen LogP contribution < -0.4 is 4.74 Å². The Hall–Kier alpha value is -2.28. The summed E-state index contributed by atoms with van der Waals surface area (Å²) in [7, 11) is 0. The number of ether oxygens (including phenoxy) is 1. The molecule has 0 amide bonds. The predicted octanol–water partition coefficient (Wildman–Crippen LogP) is 5.20. The van der Waals surface area contributed by atoms with E-state index in [4.69, 9.17) is 4.74 Å². The maximum atomic E-state index is 5.83. The average molecular weight is 264 g/mol. The standard InChI is InChI=1S/C19H20O/c1-4-19(2,3)20-18-14-12-17(13-15-18)11-10-16-8-6-5-7-9-16/h4-15H,1H2,2-3H3. The van der Waals surface area contributed by atoms with Gasteiger partial charge in [0.2, 0.25) is 0 Å². The summed E-state index contributed by atoms with van der Waals surface area (Å²) in [5.74, 6) is 0.853. The van der Waals surface area contributed by atoms with Crippen LogP contribution in [0, 0.1) is 0 Å². The first-order chi connectivity index (χ1) is 9.59. The van der Waals surface area contributed by atoms with Crippen molar-refractivity contribution in [1.29, 1.82) is 0 Å². The third-order valence-electron chi connectivity index (χ3n) is 3.02. The first-order valence-corrected chi connectivity index (χ1v) is 6.75. The molecule has 0 spiro atoms. The van der Waals surface area contributed by atoms with Gasteiger partial charge in [-0.3, -0.25) is 0 Å². The van der Waals surface area contributed by atoms with E-state index in [0.29, 0.717) is 0 Å². The third-order valence-corrected chi connectivity index (χ3v) is 3.02. The second-order valence-corrected chi connectivity index (χ2v) is 5.22. The summed E-state index contributed by atoms with van der Waals surface area (Å²) in [4.78, 5) is 0. The number of rotatable bonds is 5. The molecule has 1 heteroatoms. The quantitative estimate of drug-likeness (QED) is 0.532. The Morgan fingerprint density at radius 1 is 0.850 bits per heavy atom. The first kappa shape index (κ1) is 14.1. The van der Waals surface area contributed by atoms with Crippen LogP contribution in [0.2, 0.25) is 0 Å². The highest BCUT2D eigenvalue weighted by molar-refractivity contribution is 5.69. The molecule has 0 aliphatic heterocycles. The van der Waals surface area contributed by atoms with Gasteiger partial charge in [-0.2, -0.15) is 0 Å². The normalized spacial score (nSPS) is 11.5. The largest absolute Gasteiger partial charge is 0.484 e. The molecule has 0 aromatic heterocycles. The van der Waals surface area contributed by atoms with Crippen molar-refractivity contribution in [2.75, 3.05) is 0 Å². The van der Waals surface area contributed by atoms with Crippen LogP contribution in [0.25, 0.3) is 12.2 Å². The molecule has 2 aromatic carbocycles. The molecule has 0 heterocycles. The van der Waals surface area contributed by atoms with Gasteiger partial charge in [0.15, 0.2) is 0 Å². The molecule has 0 aliphatic rings. The van der Waals surface area contributed by atoms with Gasteiger partial charge in [-0.15, -0.1) is 0 Å². The van der Waals surface area contributed by atoms with Gasteiger partial charge in [-0.05, 0) is 43.2 Å². The number of hydrogen-bond acceptors (Lipinski definition) is 1. The highest BCUT2D eigenvalue weighted by Gasteiger charge is 2.13. The Morgan fingerprint density at radius 3 is 1.95 bits per heavy atom. The minimum absolute atomic E-state index is 0.346. The molecule has 0 saturated heterocycles. The van der Waals surface area contributed by atoms with Crippen LogP contribution in [-0.2, 0) is 0 Å². The van der Waals surface area contributed by atoms with E-state index in [-0.39, 0.29) is 5.60 Å². The van der Waals surface area contributed by atoms with Crippen LogP contribution in [0.15, 0.2) is 67.3 Å². The van der Waals surface area contributed by atoms with Crippen molar-refractivity contribution in [1.82, 2.24) is 0 Å². The molecule has 0 unspecified atom stereocenters. The third kappa shape index (κ3) is 4.13. The van der Waals surface area contributed by atoms with Gasteiger partial charge < -0.3 is 4.74 Å². The summed E-state index contributed by atoms with van der Waals surface area (Å²) >= 11 is 0. The van der Waals surface area contributed by atoms with Crippen molar-refractivity contribution in [3.63, 3.8) is 0 Å². The van der Waals surface area contributed by atoms with Crippen LogP contribution in [-0.4, -0.2) is 5.60 Å². The molecule has 0 atom stereocenters. The molecular weight excluding hydrogens is 244 g/mol. The highest BCUT2D eigenvalue weighted by atomic mass is 16.5. The summed E-state index contributed by atoms with van der Waals surface area (Å²) in [5, 5.41) is 0. The fourth-order valence-corrected chi connectivity index (χ4v) is 1.75. The van der Waals surface area contributed by atoms with Gasteiger partial charge in [0, 0.05) is 0 Å². The van der Waals surface area contributed by atoms with E-state index >= 15 is 0 Å². The van der Waals surface area contributed by atoms with Crippen LogP contribution in [0.5, 0.6) is 5.75 Å². The zero-order valence-corrected chi connectivity index (χ0v) is 12.0. The van der Waals surface area contributed by atoms with Gasteiger partial charge in [-0.25, -0.2) is 0 Å². The van der Waals surface area contributed by atoms with Crippen LogP contribution in [0.1, 0.15) is 25.0 Å². The lowest BCUT2D eigenvalue weighted by Gasteiger charge is -2.22. The monoisotopic (exact) mass is 264 g/mol. The summed E-state index contributed by atoms with van der Waals surface area (Å²) < 4.78 is 5.83. The molecule has 0 N–H and O–H groups in total. The first-order valence-electron chi connectivity index (χ1n) is 6.75. The molecule has 0 radical (unpaired) electrons. The molecule has 2 aromatic rings. The Bertz CT molecular complexity index is 577. The van der Waals surface area contributed by atoms with Crippen LogP contribution in [0.3, 0.4) is 0 Å². The van der Waals surface area contributed by atoms with E-state index in [9.17, 15) is 0 Å². The molecule has 0 fully saturated rings. The van der Waals surface area contributed by atoms with Crippen molar-refractivity contribution in [2.45, 2.75) is 19.4 Å². The fraction of sp³-hybridized carbons (Fsp3) is 0.158. The highest BCUT2D eigenvalue weighted by Crippen LogP contribution is 2.20. The van der Waals surface area contributed by atoms with Crippen molar-refractivity contribution in [2.24, 2.45) is 0 Å². The SMILES string of the molecule is C=CC(C)(C)Oc1ccc(C=Cc2ccccc2)cc1. The summed E-state index contributed by atoms with van der Waals surface area (Å²) in [6.07, 6.45) is 6.00. The molecular formula is C19H20O. The van der Waals surface area contributed by atoms with Crippen LogP contribution >= 0.6 is 0 Å². The Kier molecular flexibility index (Phi) is 4.41. The lowest BCUT2D eigenvalue weighted by atomic mass is 10.1. The predicted molar refractivity (Wildman–Crippen MR) is 86.7 cm³/mol. The van der Waals surface area contributed by atoms with E-state index in [1.807, 2.05) is 56.3 Å². The van der Waals surface area contributed by atoms with E-state index in [1.165, 1.54) is 5.56 Å². The summed E-state index contributed by atoms with van der Waals surface area (Å²) in [5.41, 5.74) is 2.00. The van der Waals surface area contributed by atoms with E-state index in [1.54, 1.807) is 6.08 Å². The van der Waals surface area contributed by atoms with E-state index in [2.05, 4.69) is 30.9 Å². The van der Waals surface area contributed by atoms with Crippen molar-refractivity contribution < 1.29 is 4.74 Å². The Labute approximate surface area is 121 Å². The Balaban J connectivity index is 2.05. The van der Waals surface area contributed by atoms with E-state index in [0.717, 1.165) is 11.3 Å². The van der Waals surface area contributed by atoms with Gasteiger partial charge in [0.1, 0.15) is 11.4 Å².